The van der Waals surface area contributed by atoms with Crippen molar-refractivity contribution in [3.8, 4) is 0 Å². The summed E-state index contributed by atoms with van der Waals surface area (Å²) in [5, 5.41) is 2.98. The molecule has 1 fully saturated rings. The third-order valence-corrected chi connectivity index (χ3v) is 7.24. The molecule has 0 atom stereocenters. The second-order valence-corrected chi connectivity index (χ2v) is 10.4. The summed E-state index contributed by atoms with van der Waals surface area (Å²) in [6.07, 6.45) is 0. The molecule has 1 aromatic carbocycles. The van der Waals surface area contributed by atoms with E-state index in [0.29, 0.717) is 18.8 Å². The smallest absolute Gasteiger partial charge is 0.243 e. The van der Waals surface area contributed by atoms with Crippen LogP contribution in [0.5, 0.6) is 0 Å². The van der Waals surface area contributed by atoms with Crippen LogP contribution in [0.3, 0.4) is 0 Å². The first kappa shape index (κ1) is 22.6. The van der Waals surface area contributed by atoms with Gasteiger partial charge in [-0.05, 0) is 18.2 Å². The number of carbonyl (C=O) groups excluding carboxylic acids is 1. The largest absolute Gasteiger partial charge is 0.359 e. The fourth-order valence-corrected chi connectivity index (χ4v) is 4.69. The topological polar surface area (TPSA) is 74.2 Å². The molecule has 0 bridgehead atoms. The monoisotopic (exact) mass is 411 g/mol. The Kier molecular flexibility index (Phi) is 7.12. The van der Waals surface area contributed by atoms with Crippen LogP contribution in [0.15, 0.2) is 23.1 Å². The lowest BCUT2D eigenvalue weighted by atomic mass is 9.95. The molecule has 2 N–H and O–H groups in total. The van der Waals surface area contributed by atoms with E-state index in [9.17, 15) is 13.2 Å². The van der Waals surface area contributed by atoms with Gasteiger partial charge in [-0.3, -0.25) is 4.79 Å². The number of quaternary nitrogens is 1. The molecule has 1 aromatic rings. The van der Waals surface area contributed by atoms with Crippen LogP contribution in [0.2, 0.25) is 0 Å². The van der Waals surface area contributed by atoms with Crippen LogP contribution in [0.1, 0.15) is 34.6 Å². The van der Waals surface area contributed by atoms with E-state index in [0.717, 1.165) is 31.9 Å². The van der Waals surface area contributed by atoms with Crippen molar-refractivity contribution in [2.75, 3.05) is 56.5 Å². The fourth-order valence-electron chi connectivity index (χ4n) is 3.20. The third kappa shape index (κ3) is 5.04. The number of nitrogens with one attached hydrogen (secondary N) is 2. The fraction of sp³-hybridized carbons (Fsp3) is 0.650. The lowest BCUT2D eigenvalue weighted by Gasteiger charge is -2.33. The van der Waals surface area contributed by atoms with E-state index in [-0.39, 0.29) is 10.8 Å². The van der Waals surface area contributed by atoms with Gasteiger partial charge in [0, 0.05) is 18.5 Å². The van der Waals surface area contributed by atoms with Gasteiger partial charge in [-0.2, -0.15) is 4.31 Å². The minimum atomic E-state index is -3.59. The summed E-state index contributed by atoms with van der Waals surface area (Å²) in [5.41, 5.74) is 0.869. The molecule has 0 radical (unpaired) electrons. The summed E-state index contributed by atoms with van der Waals surface area (Å²) in [6, 6.07) is 5.09. The zero-order valence-corrected chi connectivity index (χ0v) is 18.8. The summed E-state index contributed by atoms with van der Waals surface area (Å²) < 4.78 is 27.3. The molecule has 1 saturated heterocycles. The second kappa shape index (κ2) is 8.80. The molecule has 8 heteroatoms. The van der Waals surface area contributed by atoms with Crippen LogP contribution in [0.25, 0.3) is 0 Å². The Morgan fingerprint density at radius 2 is 1.75 bits per heavy atom. The average molecular weight is 412 g/mol. The second-order valence-electron chi connectivity index (χ2n) is 8.42. The van der Waals surface area contributed by atoms with Gasteiger partial charge in [-0.25, -0.2) is 8.42 Å². The first-order valence-corrected chi connectivity index (χ1v) is 11.5. The number of nitrogens with zero attached hydrogens (tertiary/aromatic N) is 2. The van der Waals surface area contributed by atoms with Crippen molar-refractivity contribution in [2.24, 2.45) is 5.41 Å². The van der Waals surface area contributed by atoms with Gasteiger partial charge in [-0.15, -0.1) is 0 Å². The Morgan fingerprint density at radius 3 is 2.25 bits per heavy atom. The number of sulfonamides is 1. The van der Waals surface area contributed by atoms with Crippen molar-refractivity contribution in [1.29, 1.82) is 0 Å². The highest BCUT2D eigenvalue weighted by Gasteiger charge is 2.28. The Hall–Kier alpha value is -1.64. The molecule has 28 heavy (non-hydrogen) atoms. The molecule has 2 rings (SSSR count). The van der Waals surface area contributed by atoms with E-state index in [2.05, 4.69) is 17.3 Å². The van der Waals surface area contributed by atoms with Gasteiger partial charge in [0.25, 0.3) is 0 Å². The standard InChI is InChI=1S/C20H34N4O3S/c1-7-24(8-2)28(26,27)16-9-10-18(23-13-11-22(6)12-14-23)17(15-16)21-19(25)20(3,4)5/h9-10,15H,7-8,11-14H2,1-6H3,(H,21,25)/p+1. The van der Waals surface area contributed by atoms with Gasteiger partial charge in [0.15, 0.2) is 0 Å². The zero-order valence-electron chi connectivity index (χ0n) is 18.0. The van der Waals surface area contributed by atoms with Crippen molar-refractivity contribution in [3.63, 3.8) is 0 Å². The molecule has 7 nitrogen and oxygen atoms in total. The summed E-state index contributed by atoms with van der Waals surface area (Å²) in [5.74, 6) is -0.133. The molecular formula is C20H35N4O3S+. The van der Waals surface area contributed by atoms with Crippen molar-refractivity contribution >= 4 is 27.3 Å². The van der Waals surface area contributed by atoms with Crippen molar-refractivity contribution < 1.29 is 18.1 Å². The lowest BCUT2D eigenvalue weighted by Crippen LogP contribution is -3.12. The normalized spacial score (nSPS) is 16.5. The van der Waals surface area contributed by atoms with Crippen LogP contribution in [-0.2, 0) is 14.8 Å². The number of carbonyl (C=O) groups is 1. The predicted molar refractivity (Wildman–Crippen MR) is 113 cm³/mol. The van der Waals surface area contributed by atoms with Crippen molar-refractivity contribution in [2.45, 2.75) is 39.5 Å². The Balaban J connectivity index is 2.47. The number of hydrogen-bond donors (Lipinski definition) is 2. The average Bonchev–Trinajstić information content (AvgIpc) is 2.62. The number of amides is 1. The van der Waals surface area contributed by atoms with Crippen molar-refractivity contribution in [1.82, 2.24) is 4.31 Å². The van der Waals surface area contributed by atoms with E-state index in [1.807, 2.05) is 40.7 Å². The molecular weight excluding hydrogens is 376 g/mol. The molecule has 1 amide bonds. The molecule has 0 saturated carbocycles. The Morgan fingerprint density at radius 1 is 1.18 bits per heavy atom. The molecule has 0 aliphatic carbocycles. The summed E-state index contributed by atoms with van der Waals surface area (Å²) in [4.78, 5) is 16.5. The number of piperazine rings is 1. The van der Waals surface area contributed by atoms with E-state index >= 15 is 0 Å². The predicted octanol–water partition coefficient (Wildman–Crippen LogP) is 1.04. The van der Waals surface area contributed by atoms with Gasteiger partial charge in [0.1, 0.15) is 0 Å². The Labute approximate surface area is 169 Å². The van der Waals surface area contributed by atoms with E-state index in [4.69, 9.17) is 0 Å². The van der Waals surface area contributed by atoms with Gasteiger partial charge >= 0.3 is 0 Å². The number of benzene rings is 1. The molecule has 0 spiro atoms. The highest BCUT2D eigenvalue weighted by molar-refractivity contribution is 7.89. The van der Waals surface area contributed by atoms with E-state index in [1.54, 1.807) is 12.1 Å². The van der Waals surface area contributed by atoms with Gasteiger partial charge in [-0.1, -0.05) is 34.6 Å². The van der Waals surface area contributed by atoms with Crippen LogP contribution < -0.4 is 15.1 Å². The SMILES string of the molecule is CCN(CC)S(=O)(=O)c1ccc(N2CC[NH+](C)CC2)c(NC(=O)C(C)(C)C)c1. The first-order chi connectivity index (χ1) is 13.0. The van der Waals surface area contributed by atoms with Crippen LogP contribution in [0.4, 0.5) is 11.4 Å². The minimum absolute atomic E-state index is 0.133. The minimum Gasteiger partial charge on any atom is -0.359 e. The van der Waals surface area contributed by atoms with Gasteiger partial charge < -0.3 is 15.1 Å². The molecule has 158 valence electrons. The van der Waals surface area contributed by atoms with Crippen LogP contribution in [-0.4, -0.2) is 64.9 Å². The number of anilines is 2. The number of likely N-dealkylation sites (N-methyl/N-ethyl adjacent to an activating group) is 1. The Bertz CT molecular complexity index is 790. The molecule has 1 aliphatic rings. The summed E-state index contributed by atoms with van der Waals surface area (Å²) in [6.45, 7) is 13.7. The maximum atomic E-state index is 13.0. The van der Waals surface area contributed by atoms with Gasteiger partial charge in [0.2, 0.25) is 15.9 Å². The van der Waals surface area contributed by atoms with Crippen molar-refractivity contribution in [3.05, 3.63) is 18.2 Å². The molecule has 0 aromatic heterocycles. The highest BCUT2D eigenvalue weighted by atomic mass is 32.2. The quantitative estimate of drug-likeness (QED) is 0.734. The lowest BCUT2D eigenvalue weighted by molar-refractivity contribution is -0.880. The highest BCUT2D eigenvalue weighted by Crippen LogP contribution is 2.31. The van der Waals surface area contributed by atoms with Gasteiger partial charge in [0.05, 0.1) is 49.5 Å². The number of rotatable bonds is 6. The maximum Gasteiger partial charge on any atom is 0.243 e. The molecule has 1 aliphatic heterocycles. The first-order valence-electron chi connectivity index (χ1n) is 10.0. The number of hydrogen-bond acceptors (Lipinski definition) is 4. The third-order valence-electron chi connectivity index (χ3n) is 5.20. The maximum absolute atomic E-state index is 13.0. The van der Waals surface area contributed by atoms with E-state index < -0.39 is 15.4 Å². The molecule has 1 heterocycles. The van der Waals surface area contributed by atoms with E-state index in [1.165, 1.54) is 9.21 Å². The molecule has 0 unspecified atom stereocenters. The van der Waals surface area contributed by atoms with Crippen LogP contribution >= 0.6 is 0 Å². The summed E-state index contributed by atoms with van der Waals surface area (Å²) in [7, 11) is -1.43. The van der Waals surface area contributed by atoms with Crippen LogP contribution in [0, 0.1) is 5.41 Å². The zero-order chi connectivity index (χ0) is 21.1. The summed E-state index contributed by atoms with van der Waals surface area (Å²) >= 11 is 0.